The Labute approximate surface area is 217 Å². The van der Waals surface area contributed by atoms with E-state index in [4.69, 9.17) is 11.6 Å². The first-order chi connectivity index (χ1) is 14.2. The number of aryl methyl sites for hydroxylation is 4. The van der Waals surface area contributed by atoms with E-state index < -0.39 is 0 Å². The fraction of sp³-hybridized carbons (Fsp3) is 0.240. The van der Waals surface area contributed by atoms with Crippen LogP contribution in [0.5, 0.6) is 0 Å². The zero-order valence-electron chi connectivity index (χ0n) is 19.0. The van der Waals surface area contributed by atoms with E-state index in [1.54, 1.807) is 12.4 Å². The second-order valence-corrected chi connectivity index (χ2v) is 8.39. The maximum atomic E-state index is 6.24. The number of benzene rings is 2. The molecule has 7 heteroatoms. The molecule has 2 aromatic carbocycles. The molecule has 0 saturated carbocycles. The number of para-hydroxylation sites is 1. The average molecular weight is 532 g/mol. The van der Waals surface area contributed by atoms with Crippen LogP contribution in [0, 0.1) is 27.7 Å². The zero-order valence-corrected chi connectivity index (χ0v) is 22.4. The Morgan fingerprint density at radius 1 is 0.844 bits per heavy atom. The van der Waals surface area contributed by atoms with Crippen LogP contribution in [0.25, 0.3) is 0 Å². The van der Waals surface area contributed by atoms with Gasteiger partial charge in [0.05, 0.1) is 10.7 Å². The molecule has 0 radical (unpaired) electrons. The van der Waals surface area contributed by atoms with Crippen molar-refractivity contribution in [1.29, 1.82) is 0 Å². The van der Waals surface area contributed by atoms with E-state index in [0.717, 1.165) is 38.4 Å². The Hall–Kier alpha value is -1.68. The van der Waals surface area contributed by atoms with Crippen molar-refractivity contribution < 1.29 is 40.8 Å². The van der Waals surface area contributed by atoms with Crippen molar-refractivity contribution in [3.8, 4) is 0 Å². The number of hydrogen-bond donors (Lipinski definition) is 0. The summed E-state index contributed by atoms with van der Waals surface area (Å²) in [5.74, 6) is 0. The molecule has 0 N–H and O–H groups in total. The van der Waals surface area contributed by atoms with Gasteiger partial charge in [0.2, 0.25) is 0 Å². The van der Waals surface area contributed by atoms with E-state index in [0.29, 0.717) is 5.02 Å². The summed E-state index contributed by atoms with van der Waals surface area (Å²) in [6.07, 6.45) is 3.55. The van der Waals surface area contributed by atoms with Crippen LogP contribution in [0.2, 0.25) is 5.02 Å². The van der Waals surface area contributed by atoms with Gasteiger partial charge in [-0.2, -0.15) is 0 Å². The molecule has 0 spiro atoms. The summed E-state index contributed by atoms with van der Waals surface area (Å²) in [5.41, 5.74) is 8.47. The summed E-state index contributed by atoms with van der Waals surface area (Å²) >= 11 is 10.0. The van der Waals surface area contributed by atoms with Crippen LogP contribution in [-0.2, 0) is 16.0 Å². The van der Waals surface area contributed by atoms with E-state index in [2.05, 4.69) is 63.0 Å². The normalized spacial score (nSPS) is 11.0. The molecular formula is C25H27Cl3FeN3. The Morgan fingerprint density at radius 3 is 1.97 bits per heavy atom. The zero-order chi connectivity index (χ0) is 22.3. The van der Waals surface area contributed by atoms with Crippen molar-refractivity contribution in [2.45, 2.75) is 41.5 Å². The van der Waals surface area contributed by atoms with Gasteiger partial charge in [0.1, 0.15) is 0 Å². The topological polar surface area (TPSA) is 37.6 Å². The molecule has 0 aliphatic carbocycles. The van der Waals surface area contributed by atoms with Crippen molar-refractivity contribution >= 4 is 33.3 Å². The third kappa shape index (κ3) is 9.05. The molecule has 1 aromatic heterocycles. The molecule has 32 heavy (non-hydrogen) atoms. The van der Waals surface area contributed by atoms with Gasteiger partial charge >= 0.3 is 81.4 Å². The first-order valence-corrected chi connectivity index (χ1v) is 10.6. The van der Waals surface area contributed by atoms with Gasteiger partial charge in [-0.15, -0.1) is 0 Å². The summed E-state index contributed by atoms with van der Waals surface area (Å²) in [6, 6.07) is 14.1. The molecule has 0 saturated heterocycles. The minimum Gasteiger partial charge on any atom is -1.00 e. The Kier molecular flexibility index (Phi) is 13.7. The van der Waals surface area contributed by atoms with Crippen LogP contribution in [-0.4, -0.2) is 15.3 Å². The smallest absolute Gasteiger partial charge is 1.00 e. The summed E-state index contributed by atoms with van der Waals surface area (Å²) in [5, 5.41) is 0.691. The van der Waals surface area contributed by atoms with Crippen LogP contribution in [0.15, 0.2) is 64.8 Å². The van der Waals surface area contributed by atoms with Gasteiger partial charge in [-0.3, -0.25) is 9.98 Å². The molecule has 0 unspecified atom stereocenters. The van der Waals surface area contributed by atoms with Gasteiger partial charge in [0.25, 0.3) is 0 Å². The first-order valence-electron chi connectivity index (χ1n) is 9.67. The minimum atomic E-state index is 0. The second-order valence-electron chi connectivity index (χ2n) is 7.18. The molecule has 0 fully saturated rings. The first kappa shape index (κ1) is 30.3. The SMILES string of the molecule is CC(=Nc1c(C)cc(C)cc1Cl)c1cccnc1.C[C]([Fe+2])=Nc1c(C)cccc1C.[Cl-].[Cl-]. The number of nitrogens with zero attached hydrogens (tertiary/aromatic N) is 3. The molecule has 3 nitrogen and oxygen atoms in total. The third-order valence-corrected chi connectivity index (χ3v) is 4.87. The molecule has 0 atom stereocenters. The number of rotatable bonds is 3. The molecule has 0 bridgehead atoms. The van der Waals surface area contributed by atoms with Crippen molar-refractivity contribution in [3.63, 3.8) is 0 Å². The van der Waals surface area contributed by atoms with Gasteiger partial charge in [0, 0.05) is 23.7 Å². The Balaban J connectivity index is 0.000000607. The van der Waals surface area contributed by atoms with Gasteiger partial charge in [-0.05, 0) is 44.0 Å². The third-order valence-electron chi connectivity index (χ3n) is 4.46. The van der Waals surface area contributed by atoms with Gasteiger partial charge in [0.15, 0.2) is 0 Å². The fourth-order valence-corrected chi connectivity index (χ4v) is 3.48. The Morgan fingerprint density at radius 2 is 1.47 bits per heavy atom. The quantitative estimate of drug-likeness (QED) is 0.372. The maximum absolute atomic E-state index is 6.24. The molecule has 1 heterocycles. The predicted molar refractivity (Wildman–Crippen MR) is 126 cm³/mol. The average Bonchev–Trinajstić information content (AvgIpc) is 2.68. The molecule has 0 amide bonds. The molecule has 0 aliphatic rings. The van der Waals surface area contributed by atoms with Crippen molar-refractivity contribution in [3.05, 3.63) is 87.7 Å². The van der Waals surface area contributed by atoms with E-state index in [1.807, 2.05) is 52.0 Å². The number of halogens is 3. The monoisotopic (exact) mass is 530 g/mol. The molecule has 171 valence electrons. The van der Waals surface area contributed by atoms with Crippen LogP contribution >= 0.6 is 11.6 Å². The van der Waals surface area contributed by atoms with E-state index in [1.165, 1.54) is 11.1 Å². The molecule has 0 aliphatic heterocycles. The number of aromatic nitrogens is 1. The predicted octanol–water partition coefficient (Wildman–Crippen LogP) is 1.40. The molecule has 3 rings (SSSR count). The van der Waals surface area contributed by atoms with Crippen LogP contribution in [0.4, 0.5) is 11.4 Å². The largest absolute Gasteiger partial charge is 1.00 e. The minimum absolute atomic E-state index is 0. The number of pyridine rings is 1. The molecular weight excluding hydrogens is 505 g/mol. The summed E-state index contributed by atoms with van der Waals surface area (Å²) in [6.45, 7) is 12.1. The second kappa shape index (κ2) is 14.5. The van der Waals surface area contributed by atoms with Crippen LogP contribution in [0.3, 0.4) is 0 Å². The van der Waals surface area contributed by atoms with E-state index in [9.17, 15) is 0 Å². The summed E-state index contributed by atoms with van der Waals surface area (Å²) in [7, 11) is 0. The van der Waals surface area contributed by atoms with Gasteiger partial charge in [-0.25, -0.2) is 0 Å². The van der Waals surface area contributed by atoms with Gasteiger partial charge < -0.3 is 24.8 Å². The van der Waals surface area contributed by atoms with E-state index >= 15 is 0 Å². The standard InChI is InChI=1S/C15H15ClN2.C10H12N.2ClH.Fe/c1-10-7-11(2)15(14(16)8-10)18-12(3)13-5-4-6-17-9-13;1-4-11-10-8(2)6-5-7-9(10)3;;;/h4-9H,1-3H3;5-7H,1-3H3;2*1H;/q;;;;+2/p-2. The van der Waals surface area contributed by atoms with Gasteiger partial charge in [-0.1, -0.05) is 23.7 Å². The van der Waals surface area contributed by atoms with Crippen molar-refractivity contribution in [1.82, 2.24) is 4.98 Å². The van der Waals surface area contributed by atoms with Crippen molar-refractivity contribution in [2.75, 3.05) is 0 Å². The molecule has 3 aromatic rings. The number of aliphatic imine (C=N–C) groups is 2. The summed E-state index contributed by atoms with van der Waals surface area (Å²) in [4.78, 5) is 13.1. The van der Waals surface area contributed by atoms with Crippen LogP contribution in [0.1, 0.15) is 41.7 Å². The van der Waals surface area contributed by atoms with Crippen molar-refractivity contribution in [2.24, 2.45) is 9.98 Å². The van der Waals surface area contributed by atoms with E-state index in [-0.39, 0.29) is 24.8 Å². The fourth-order valence-electron chi connectivity index (χ4n) is 2.99. The maximum Gasteiger partial charge on any atom is -1.00 e. The van der Waals surface area contributed by atoms with Crippen LogP contribution < -0.4 is 24.8 Å². The Bertz CT molecular complexity index is 1030. The number of hydrogen-bond acceptors (Lipinski definition) is 3. The summed E-state index contributed by atoms with van der Waals surface area (Å²) < 4.78 is 0.854.